The summed E-state index contributed by atoms with van der Waals surface area (Å²) in [6.45, 7) is 3.36. The van der Waals surface area contributed by atoms with Gasteiger partial charge in [0.1, 0.15) is 0 Å². The van der Waals surface area contributed by atoms with Crippen LogP contribution in [0.3, 0.4) is 0 Å². The molecule has 1 aliphatic rings. The Bertz CT molecular complexity index is 347. The van der Waals surface area contributed by atoms with Crippen LogP contribution in [0.5, 0.6) is 0 Å². The fourth-order valence-electron chi connectivity index (χ4n) is 2.43. The van der Waals surface area contributed by atoms with E-state index in [0.717, 1.165) is 22.6 Å². The summed E-state index contributed by atoms with van der Waals surface area (Å²) in [5.74, 6) is 1.33. The Kier molecular flexibility index (Phi) is 6.36. The Morgan fingerprint density at radius 1 is 1.44 bits per heavy atom. The highest BCUT2D eigenvalue weighted by Crippen LogP contribution is 2.30. The monoisotopic (exact) mass is 303 g/mol. The van der Waals surface area contributed by atoms with E-state index in [1.54, 1.807) is 11.3 Å². The fraction of sp³-hybridized carbons (Fsp3) is 0.714. The predicted molar refractivity (Wildman–Crippen MR) is 85.2 cm³/mol. The highest BCUT2D eigenvalue weighted by molar-refractivity contribution is 8.00. The maximum absolute atomic E-state index is 6.03. The largest absolute Gasteiger partial charge is 0.313 e. The van der Waals surface area contributed by atoms with E-state index in [1.807, 2.05) is 6.07 Å². The van der Waals surface area contributed by atoms with Crippen LogP contribution in [0, 0.1) is 0 Å². The van der Waals surface area contributed by atoms with E-state index in [1.165, 1.54) is 36.3 Å². The van der Waals surface area contributed by atoms with Crippen molar-refractivity contribution < 1.29 is 0 Å². The highest BCUT2D eigenvalue weighted by atomic mass is 35.5. The smallest absolute Gasteiger partial charge is 0.0931 e. The van der Waals surface area contributed by atoms with Crippen LogP contribution < -0.4 is 5.32 Å². The molecule has 0 spiro atoms. The lowest BCUT2D eigenvalue weighted by atomic mass is 10.0. The minimum atomic E-state index is 0.616. The molecular formula is C14H22ClNS2. The van der Waals surface area contributed by atoms with Gasteiger partial charge in [-0.25, -0.2) is 0 Å². The van der Waals surface area contributed by atoms with E-state index in [-0.39, 0.29) is 0 Å². The second-order valence-electron chi connectivity index (χ2n) is 4.88. The lowest BCUT2D eigenvalue weighted by Gasteiger charge is -2.30. The van der Waals surface area contributed by atoms with Gasteiger partial charge in [0.2, 0.25) is 0 Å². The van der Waals surface area contributed by atoms with Gasteiger partial charge in [0.25, 0.3) is 0 Å². The molecule has 2 unspecified atom stereocenters. The average Bonchev–Trinajstić information content (AvgIpc) is 2.81. The molecule has 0 amide bonds. The zero-order valence-electron chi connectivity index (χ0n) is 11.0. The highest BCUT2D eigenvalue weighted by Gasteiger charge is 2.24. The number of halogens is 1. The van der Waals surface area contributed by atoms with Gasteiger partial charge >= 0.3 is 0 Å². The van der Waals surface area contributed by atoms with Crippen LogP contribution >= 0.6 is 34.7 Å². The van der Waals surface area contributed by atoms with Gasteiger partial charge in [0.15, 0.2) is 0 Å². The number of nitrogens with one attached hydrogen (secondary N) is 1. The molecular weight excluding hydrogens is 282 g/mol. The molecule has 102 valence electrons. The van der Waals surface area contributed by atoms with Crippen LogP contribution in [0.1, 0.15) is 37.5 Å². The topological polar surface area (TPSA) is 12.0 Å². The second-order valence-corrected chi connectivity index (χ2v) is 8.02. The Labute approximate surface area is 124 Å². The first kappa shape index (κ1) is 14.7. The predicted octanol–water partition coefficient (Wildman–Crippen LogP) is 4.60. The number of thioether (sulfide) groups is 1. The van der Waals surface area contributed by atoms with Crippen LogP contribution in [0.15, 0.2) is 12.1 Å². The number of hydrogen-bond donors (Lipinski definition) is 1. The summed E-state index contributed by atoms with van der Waals surface area (Å²) < 4.78 is 0.913. The number of hydrogen-bond acceptors (Lipinski definition) is 3. The first-order valence-corrected chi connectivity index (χ1v) is 9.13. The third kappa shape index (κ3) is 4.44. The summed E-state index contributed by atoms with van der Waals surface area (Å²) in [4.78, 5) is 1.42. The van der Waals surface area contributed by atoms with E-state index < -0.39 is 0 Å². The lowest BCUT2D eigenvalue weighted by Crippen LogP contribution is -2.41. The zero-order chi connectivity index (χ0) is 12.8. The molecule has 0 bridgehead atoms. The molecule has 1 aromatic heterocycles. The Morgan fingerprint density at radius 2 is 2.33 bits per heavy atom. The number of rotatable bonds is 6. The lowest BCUT2D eigenvalue weighted by molar-refractivity contribution is 0.463. The Hall–Kier alpha value is 0.300. The van der Waals surface area contributed by atoms with Gasteiger partial charge in [0.05, 0.1) is 4.34 Å². The minimum Gasteiger partial charge on any atom is -0.313 e. The molecule has 0 radical (unpaired) electrons. The van der Waals surface area contributed by atoms with Crippen molar-refractivity contribution in [3.8, 4) is 0 Å². The molecule has 18 heavy (non-hydrogen) atoms. The molecule has 1 aromatic rings. The average molecular weight is 304 g/mol. The molecule has 1 N–H and O–H groups in total. The molecule has 1 fully saturated rings. The maximum Gasteiger partial charge on any atom is 0.0931 e. The van der Waals surface area contributed by atoms with Gasteiger partial charge in [-0.05, 0) is 50.1 Å². The van der Waals surface area contributed by atoms with Crippen molar-refractivity contribution in [2.24, 2.45) is 0 Å². The van der Waals surface area contributed by atoms with Crippen molar-refractivity contribution in [1.29, 1.82) is 0 Å². The van der Waals surface area contributed by atoms with E-state index in [0.29, 0.717) is 6.04 Å². The third-order valence-electron chi connectivity index (χ3n) is 3.37. The van der Waals surface area contributed by atoms with Crippen LogP contribution in [-0.4, -0.2) is 23.6 Å². The van der Waals surface area contributed by atoms with Crippen LogP contribution in [0.4, 0.5) is 0 Å². The van der Waals surface area contributed by atoms with Crippen molar-refractivity contribution in [3.63, 3.8) is 0 Å². The Balaban J connectivity index is 1.94. The molecule has 2 heterocycles. The van der Waals surface area contributed by atoms with Gasteiger partial charge in [-0.3, -0.25) is 0 Å². The standard InChI is InChI=1S/C14H22ClNS2/c1-2-8-16-12(13-5-3-4-9-17-13)10-11-6-7-14(15)18-11/h6-7,12-13,16H,2-5,8-10H2,1H3. The van der Waals surface area contributed by atoms with Gasteiger partial charge in [0, 0.05) is 16.2 Å². The molecule has 1 saturated heterocycles. The molecule has 0 aliphatic carbocycles. The van der Waals surface area contributed by atoms with E-state index in [2.05, 4.69) is 30.1 Å². The van der Waals surface area contributed by atoms with Gasteiger partial charge < -0.3 is 5.32 Å². The summed E-state index contributed by atoms with van der Waals surface area (Å²) in [6.07, 6.45) is 6.50. The van der Waals surface area contributed by atoms with Crippen molar-refractivity contribution >= 4 is 34.7 Å². The second kappa shape index (κ2) is 7.78. The molecule has 2 rings (SSSR count). The van der Waals surface area contributed by atoms with Gasteiger partial charge in [-0.2, -0.15) is 11.8 Å². The molecule has 4 heteroatoms. The van der Waals surface area contributed by atoms with E-state index in [4.69, 9.17) is 11.6 Å². The van der Waals surface area contributed by atoms with E-state index in [9.17, 15) is 0 Å². The summed E-state index contributed by atoms with van der Waals surface area (Å²) in [6, 6.07) is 4.82. The fourth-order valence-corrected chi connectivity index (χ4v) is 5.00. The van der Waals surface area contributed by atoms with E-state index >= 15 is 0 Å². The zero-order valence-corrected chi connectivity index (χ0v) is 13.3. The maximum atomic E-state index is 6.03. The van der Waals surface area contributed by atoms with Crippen LogP contribution in [0.2, 0.25) is 4.34 Å². The van der Waals surface area contributed by atoms with Crippen molar-refractivity contribution in [1.82, 2.24) is 5.32 Å². The summed E-state index contributed by atoms with van der Waals surface area (Å²) in [5, 5.41) is 4.52. The first-order valence-electron chi connectivity index (χ1n) is 6.89. The molecule has 1 nitrogen and oxygen atoms in total. The quantitative estimate of drug-likeness (QED) is 0.824. The molecule has 0 saturated carbocycles. The third-order valence-corrected chi connectivity index (χ3v) is 6.14. The van der Waals surface area contributed by atoms with Crippen molar-refractivity contribution in [3.05, 3.63) is 21.3 Å². The van der Waals surface area contributed by atoms with Crippen LogP contribution in [0.25, 0.3) is 0 Å². The normalized spacial score (nSPS) is 22.0. The summed E-state index contributed by atoms with van der Waals surface area (Å²) in [5.41, 5.74) is 0. The Morgan fingerprint density at radius 3 is 2.94 bits per heavy atom. The summed E-state index contributed by atoms with van der Waals surface area (Å²) in [7, 11) is 0. The van der Waals surface area contributed by atoms with Crippen molar-refractivity contribution in [2.45, 2.75) is 50.3 Å². The molecule has 2 atom stereocenters. The minimum absolute atomic E-state index is 0.616. The first-order chi connectivity index (χ1) is 8.79. The number of thiophene rings is 1. The molecule has 1 aliphatic heterocycles. The van der Waals surface area contributed by atoms with Gasteiger partial charge in [-0.1, -0.05) is 24.9 Å². The van der Waals surface area contributed by atoms with Crippen molar-refractivity contribution in [2.75, 3.05) is 12.3 Å². The SMILES string of the molecule is CCCNC(Cc1ccc(Cl)s1)C1CCCCS1. The summed E-state index contributed by atoms with van der Waals surface area (Å²) >= 11 is 9.91. The van der Waals surface area contributed by atoms with Crippen LogP contribution in [-0.2, 0) is 6.42 Å². The molecule has 0 aromatic carbocycles. The van der Waals surface area contributed by atoms with Gasteiger partial charge in [-0.15, -0.1) is 11.3 Å².